The van der Waals surface area contributed by atoms with Crippen LogP contribution in [0, 0.1) is 0 Å². The van der Waals surface area contributed by atoms with E-state index in [9.17, 15) is 9.59 Å². The Morgan fingerprint density at radius 3 is 2.14 bits per heavy atom. The molecular weight excluding hydrogens is 460 g/mol. The molecule has 0 unspecified atom stereocenters. The summed E-state index contributed by atoms with van der Waals surface area (Å²) in [5, 5.41) is 3.20. The molecule has 36 heavy (non-hydrogen) atoms. The Balaban J connectivity index is 2.19. The van der Waals surface area contributed by atoms with Gasteiger partial charge < -0.3 is 24.3 Å². The molecule has 196 valence electrons. The van der Waals surface area contributed by atoms with Crippen LogP contribution in [0.4, 0.5) is 0 Å². The van der Waals surface area contributed by atoms with E-state index < -0.39 is 0 Å². The third-order valence-electron chi connectivity index (χ3n) is 6.71. The van der Waals surface area contributed by atoms with Crippen molar-refractivity contribution < 1.29 is 23.7 Å². The zero-order valence-corrected chi connectivity index (χ0v) is 22.6. The highest BCUT2D eigenvalue weighted by Crippen LogP contribution is 2.50. The summed E-state index contributed by atoms with van der Waals surface area (Å²) in [6, 6.07) is 7.07. The number of fused-ring (bicyclic) bond motifs is 3. The largest absolute Gasteiger partial charge is 0.493 e. The number of ether oxygens (including phenoxy) is 4. The van der Waals surface area contributed by atoms with Crippen molar-refractivity contribution >= 4 is 5.91 Å². The van der Waals surface area contributed by atoms with Crippen LogP contribution in [0.1, 0.15) is 51.3 Å². The molecule has 8 nitrogen and oxygen atoms in total. The van der Waals surface area contributed by atoms with Crippen LogP contribution in [0.3, 0.4) is 0 Å². The van der Waals surface area contributed by atoms with E-state index in [2.05, 4.69) is 37.9 Å². The molecule has 1 N–H and O–H groups in total. The molecule has 0 aliphatic heterocycles. The molecule has 1 atom stereocenters. The molecule has 3 rings (SSSR count). The van der Waals surface area contributed by atoms with Gasteiger partial charge in [0.1, 0.15) is 0 Å². The minimum Gasteiger partial charge on any atom is -0.493 e. The summed E-state index contributed by atoms with van der Waals surface area (Å²) in [5.41, 5.74) is 3.01. The number of aryl methyl sites for hydroxylation is 1. The molecule has 0 heterocycles. The summed E-state index contributed by atoms with van der Waals surface area (Å²) in [6.07, 6.45) is 1.23. The maximum atomic E-state index is 13.2. The fourth-order valence-electron chi connectivity index (χ4n) is 4.98. The van der Waals surface area contributed by atoms with Gasteiger partial charge in [-0.15, -0.1) is 0 Å². The van der Waals surface area contributed by atoms with E-state index in [0.717, 1.165) is 16.7 Å². The number of benzene rings is 1. The number of carbonyl (C=O) groups excluding carboxylic acids is 1. The summed E-state index contributed by atoms with van der Waals surface area (Å²) < 4.78 is 22.4. The zero-order valence-electron chi connectivity index (χ0n) is 22.6. The number of hydrogen-bond donors (Lipinski definition) is 1. The van der Waals surface area contributed by atoms with E-state index >= 15 is 0 Å². The molecule has 0 aromatic heterocycles. The van der Waals surface area contributed by atoms with Gasteiger partial charge in [0.15, 0.2) is 17.2 Å². The monoisotopic (exact) mass is 498 g/mol. The molecule has 1 aliphatic rings. The van der Waals surface area contributed by atoms with Gasteiger partial charge in [-0.1, -0.05) is 6.07 Å². The fraction of sp³-hybridized carbons (Fsp3) is 0.500. The Bertz CT molecular complexity index is 1150. The number of carbonyl (C=O) groups is 1. The minimum absolute atomic E-state index is 0.0904. The number of rotatable bonds is 9. The first-order chi connectivity index (χ1) is 17.2. The maximum Gasteiger partial charge on any atom is 0.234 e. The van der Waals surface area contributed by atoms with Gasteiger partial charge >= 0.3 is 0 Å². The summed E-state index contributed by atoms with van der Waals surface area (Å²) in [5.74, 6) is 1.68. The Morgan fingerprint density at radius 2 is 1.58 bits per heavy atom. The second-order valence-corrected chi connectivity index (χ2v) is 9.48. The van der Waals surface area contributed by atoms with Gasteiger partial charge in [0.2, 0.25) is 17.1 Å². The van der Waals surface area contributed by atoms with Gasteiger partial charge in [-0.05, 0) is 75.4 Å². The molecule has 0 saturated heterocycles. The van der Waals surface area contributed by atoms with Crippen molar-refractivity contribution in [1.29, 1.82) is 0 Å². The molecule has 0 radical (unpaired) electrons. The first-order valence-corrected chi connectivity index (χ1v) is 12.3. The van der Waals surface area contributed by atoms with Crippen molar-refractivity contribution in [3.05, 3.63) is 45.6 Å². The lowest BCUT2D eigenvalue weighted by Gasteiger charge is -2.30. The van der Waals surface area contributed by atoms with Crippen molar-refractivity contribution in [2.24, 2.45) is 0 Å². The van der Waals surface area contributed by atoms with E-state index in [4.69, 9.17) is 18.9 Å². The molecule has 0 saturated carbocycles. The van der Waals surface area contributed by atoms with E-state index in [0.29, 0.717) is 35.7 Å². The van der Waals surface area contributed by atoms with Crippen molar-refractivity contribution in [1.82, 2.24) is 10.2 Å². The highest BCUT2D eigenvalue weighted by Gasteiger charge is 2.30. The Kier molecular flexibility index (Phi) is 8.84. The summed E-state index contributed by atoms with van der Waals surface area (Å²) in [6.45, 7) is 8.58. The number of hydrogen-bond acceptors (Lipinski definition) is 7. The number of amides is 1. The molecule has 0 fully saturated rings. The second kappa shape index (κ2) is 11.6. The van der Waals surface area contributed by atoms with Crippen LogP contribution in [-0.4, -0.2) is 57.9 Å². The molecule has 1 amide bonds. The summed E-state index contributed by atoms with van der Waals surface area (Å²) >= 11 is 0. The van der Waals surface area contributed by atoms with Gasteiger partial charge in [0.05, 0.1) is 41.0 Å². The lowest BCUT2D eigenvalue weighted by molar-refractivity contribution is -0.124. The third-order valence-corrected chi connectivity index (χ3v) is 6.71. The lowest BCUT2D eigenvalue weighted by atomic mass is 9.95. The molecule has 0 spiro atoms. The van der Waals surface area contributed by atoms with Gasteiger partial charge in [-0.25, -0.2) is 0 Å². The van der Waals surface area contributed by atoms with Gasteiger partial charge in [-0.2, -0.15) is 0 Å². The Hall–Kier alpha value is -3.26. The lowest BCUT2D eigenvalue weighted by Crippen LogP contribution is -2.45. The van der Waals surface area contributed by atoms with Crippen molar-refractivity contribution in [3.63, 3.8) is 0 Å². The van der Waals surface area contributed by atoms with Crippen molar-refractivity contribution in [3.8, 4) is 34.1 Å². The van der Waals surface area contributed by atoms with Crippen molar-refractivity contribution in [2.45, 2.75) is 58.7 Å². The number of nitrogens with zero attached hydrogens (tertiary/aromatic N) is 1. The van der Waals surface area contributed by atoms with Crippen LogP contribution in [0.5, 0.6) is 23.0 Å². The molecule has 1 aliphatic carbocycles. The predicted molar refractivity (Wildman–Crippen MR) is 141 cm³/mol. The zero-order chi connectivity index (χ0) is 26.6. The Morgan fingerprint density at radius 1 is 0.944 bits per heavy atom. The average Bonchev–Trinajstić information content (AvgIpc) is 3.09. The smallest absolute Gasteiger partial charge is 0.234 e. The SMILES string of the molecule is COc1cc2c(c(OC)c1OC)-c1ccc(OC)c(=O)cc1[C@@H](NC(=O)CN(C(C)C)C(C)C)CC2. The molecular formula is C28H38N2O6. The Labute approximate surface area is 213 Å². The van der Waals surface area contributed by atoms with Crippen LogP contribution in [0.25, 0.3) is 11.1 Å². The van der Waals surface area contributed by atoms with Crippen LogP contribution >= 0.6 is 0 Å². The normalized spacial score (nSPS) is 14.7. The molecule has 2 aromatic carbocycles. The first-order valence-electron chi connectivity index (χ1n) is 12.3. The molecule has 0 bridgehead atoms. The van der Waals surface area contributed by atoms with Crippen LogP contribution in [-0.2, 0) is 11.2 Å². The number of methoxy groups -OCH3 is 4. The summed E-state index contributed by atoms with van der Waals surface area (Å²) in [4.78, 5) is 28.3. The van der Waals surface area contributed by atoms with E-state index in [-0.39, 0.29) is 41.8 Å². The minimum atomic E-state index is -0.382. The molecule has 8 heteroatoms. The number of nitrogens with one attached hydrogen (secondary N) is 1. The highest BCUT2D eigenvalue weighted by atomic mass is 16.5. The quantitative estimate of drug-likeness (QED) is 0.560. The highest BCUT2D eigenvalue weighted by molar-refractivity contribution is 5.84. The van der Waals surface area contributed by atoms with E-state index in [1.807, 2.05) is 12.1 Å². The molecule has 2 aromatic rings. The van der Waals surface area contributed by atoms with Gasteiger partial charge in [0.25, 0.3) is 0 Å². The standard InChI is InChI=1S/C28H38N2O6/c1-16(2)30(17(3)4)15-25(32)29-21-11-9-18-13-24(34-6)27(35-7)28(36-8)26(18)19-10-12-23(33-5)22(31)14-20(19)21/h10,12-14,16-17,21H,9,11,15H2,1-8H3,(H,29,32)/t21-/m0/s1. The summed E-state index contributed by atoms with van der Waals surface area (Å²) in [7, 11) is 6.19. The average molecular weight is 499 g/mol. The van der Waals surface area contributed by atoms with Gasteiger partial charge in [-0.3, -0.25) is 14.5 Å². The third kappa shape index (κ3) is 5.43. The first kappa shape index (κ1) is 27.3. The predicted octanol–water partition coefficient (Wildman–Crippen LogP) is 3.97. The van der Waals surface area contributed by atoms with Crippen LogP contribution < -0.4 is 29.7 Å². The topological polar surface area (TPSA) is 86.3 Å². The maximum absolute atomic E-state index is 13.2. The van der Waals surface area contributed by atoms with Gasteiger partial charge in [0, 0.05) is 17.6 Å². The van der Waals surface area contributed by atoms with E-state index in [1.54, 1.807) is 33.5 Å². The van der Waals surface area contributed by atoms with E-state index in [1.165, 1.54) is 7.11 Å². The second-order valence-electron chi connectivity index (χ2n) is 9.48. The fourth-order valence-corrected chi connectivity index (χ4v) is 4.98. The van der Waals surface area contributed by atoms with Crippen LogP contribution in [0.15, 0.2) is 29.1 Å². The van der Waals surface area contributed by atoms with Crippen LogP contribution in [0.2, 0.25) is 0 Å². The van der Waals surface area contributed by atoms with Crippen molar-refractivity contribution in [2.75, 3.05) is 35.0 Å².